The predicted molar refractivity (Wildman–Crippen MR) is 63.5 cm³/mol. The van der Waals surface area contributed by atoms with Crippen molar-refractivity contribution < 1.29 is 13.9 Å². The van der Waals surface area contributed by atoms with Crippen LogP contribution in [0.5, 0.6) is 5.75 Å². The lowest BCUT2D eigenvalue weighted by Crippen LogP contribution is -2.07. The van der Waals surface area contributed by atoms with Gasteiger partial charge in [-0.15, -0.1) is 0 Å². The molecular weight excluding hydrogens is 275 g/mol. The van der Waals surface area contributed by atoms with Gasteiger partial charge in [0.2, 0.25) is 0 Å². The van der Waals surface area contributed by atoms with Crippen molar-refractivity contribution in [3.05, 3.63) is 29.6 Å². The fraction of sp³-hybridized carbons (Fsp3) is 0.500. The molecule has 1 aromatic rings. The molecule has 2 nitrogen and oxygen atoms in total. The van der Waals surface area contributed by atoms with Crippen LogP contribution >= 0.6 is 15.9 Å². The molecule has 0 bridgehead atoms. The van der Waals surface area contributed by atoms with E-state index >= 15 is 0 Å². The van der Waals surface area contributed by atoms with Crippen molar-refractivity contribution in [3.8, 4) is 5.75 Å². The zero-order valence-corrected chi connectivity index (χ0v) is 10.7. The van der Waals surface area contributed by atoms with Crippen molar-refractivity contribution in [2.24, 2.45) is 5.92 Å². The highest BCUT2D eigenvalue weighted by atomic mass is 79.9. The van der Waals surface area contributed by atoms with E-state index in [1.165, 1.54) is 13.2 Å². The van der Waals surface area contributed by atoms with Crippen molar-refractivity contribution in [2.75, 3.05) is 20.3 Å². The predicted octanol–water partition coefficient (Wildman–Crippen LogP) is 3.31. The van der Waals surface area contributed by atoms with Crippen LogP contribution in [0.25, 0.3) is 0 Å². The average molecular weight is 289 g/mol. The van der Waals surface area contributed by atoms with Crippen LogP contribution in [0.2, 0.25) is 0 Å². The van der Waals surface area contributed by atoms with E-state index in [1.807, 2.05) is 6.07 Å². The van der Waals surface area contributed by atoms with Gasteiger partial charge in [-0.05, 0) is 24.1 Å². The minimum atomic E-state index is -0.316. The highest BCUT2D eigenvalue weighted by Crippen LogP contribution is 2.37. The molecule has 16 heavy (non-hydrogen) atoms. The van der Waals surface area contributed by atoms with Gasteiger partial charge in [-0.2, -0.15) is 0 Å². The van der Waals surface area contributed by atoms with E-state index in [0.717, 1.165) is 25.2 Å². The zero-order chi connectivity index (χ0) is 11.5. The molecule has 2 rings (SSSR count). The third kappa shape index (κ3) is 2.38. The van der Waals surface area contributed by atoms with Gasteiger partial charge < -0.3 is 9.47 Å². The average Bonchev–Trinajstić information content (AvgIpc) is 2.81. The largest absolute Gasteiger partial charge is 0.494 e. The molecule has 0 spiro atoms. The molecule has 4 heteroatoms. The normalized spacial score (nSPS) is 22.1. The lowest BCUT2D eigenvalue weighted by atomic mass is 9.98. The smallest absolute Gasteiger partial charge is 0.165 e. The van der Waals surface area contributed by atoms with E-state index < -0.39 is 0 Å². The SMILES string of the molecule is COc1ccc(C(Br)C2CCOC2)cc1F. The maximum absolute atomic E-state index is 13.5. The molecule has 1 fully saturated rings. The first kappa shape index (κ1) is 11.9. The Morgan fingerprint density at radius 1 is 1.56 bits per heavy atom. The second-order valence-electron chi connectivity index (χ2n) is 3.92. The molecule has 1 aliphatic heterocycles. The number of alkyl halides is 1. The molecule has 1 aliphatic rings. The van der Waals surface area contributed by atoms with Gasteiger partial charge in [0, 0.05) is 17.4 Å². The van der Waals surface area contributed by atoms with Gasteiger partial charge in [-0.3, -0.25) is 0 Å². The van der Waals surface area contributed by atoms with Crippen LogP contribution in [0.4, 0.5) is 4.39 Å². The molecule has 0 radical (unpaired) electrons. The first-order chi connectivity index (χ1) is 7.72. The molecule has 0 saturated carbocycles. The highest BCUT2D eigenvalue weighted by molar-refractivity contribution is 9.09. The summed E-state index contributed by atoms with van der Waals surface area (Å²) in [7, 11) is 1.47. The van der Waals surface area contributed by atoms with Crippen LogP contribution in [0.15, 0.2) is 18.2 Å². The Kier molecular flexibility index (Phi) is 3.82. The maximum atomic E-state index is 13.5. The van der Waals surface area contributed by atoms with E-state index in [9.17, 15) is 4.39 Å². The van der Waals surface area contributed by atoms with Gasteiger partial charge in [-0.1, -0.05) is 22.0 Å². The van der Waals surface area contributed by atoms with Crippen LogP contribution in [0.1, 0.15) is 16.8 Å². The van der Waals surface area contributed by atoms with E-state index in [-0.39, 0.29) is 16.4 Å². The molecule has 88 valence electrons. The number of hydrogen-bond donors (Lipinski definition) is 0. The Balaban J connectivity index is 2.16. The summed E-state index contributed by atoms with van der Waals surface area (Å²) < 4.78 is 23.7. The summed E-state index contributed by atoms with van der Waals surface area (Å²) >= 11 is 3.61. The lowest BCUT2D eigenvalue weighted by molar-refractivity contribution is 0.185. The Morgan fingerprint density at radius 3 is 2.94 bits per heavy atom. The van der Waals surface area contributed by atoms with E-state index in [4.69, 9.17) is 9.47 Å². The summed E-state index contributed by atoms with van der Waals surface area (Å²) in [5.41, 5.74) is 0.939. The number of halogens is 2. The standard InChI is InChI=1S/C12H14BrFO2/c1-15-11-3-2-8(6-10(11)14)12(13)9-4-5-16-7-9/h2-3,6,9,12H,4-5,7H2,1H3. The third-order valence-electron chi connectivity index (χ3n) is 2.87. The molecule has 2 unspecified atom stereocenters. The van der Waals surface area contributed by atoms with Crippen molar-refractivity contribution >= 4 is 15.9 Å². The number of hydrogen-bond acceptors (Lipinski definition) is 2. The summed E-state index contributed by atoms with van der Waals surface area (Å²) in [6.07, 6.45) is 1.02. The van der Waals surface area contributed by atoms with Crippen molar-refractivity contribution in [2.45, 2.75) is 11.2 Å². The monoisotopic (exact) mass is 288 g/mol. The summed E-state index contributed by atoms with van der Waals surface area (Å²) in [5, 5.41) is 0. The highest BCUT2D eigenvalue weighted by Gasteiger charge is 2.25. The van der Waals surface area contributed by atoms with E-state index in [2.05, 4.69) is 15.9 Å². The number of ether oxygens (including phenoxy) is 2. The van der Waals surface area contributed by atoms with Gasteiger partial charge in [0.05, 0.1) is 13.7 Å². The van der Waals surface area contributed by atoms with Crippen LogP contribution in [0.3, 0.4) is 0 Å². The number of rotatable bonds is 3. The van der Waals surface area contributed by atoms with Crippen molar-refractivity contribution in [1.29, 1.82) is 0 Å². The molecule has 2 atom stereocenters. The maximum Gasteiger partial charge on any atom is 0.165 e. The third-order valence-corrected chi connectivity index (χ3v) is 4.15. The Morgan fingerprint density at radius 2 is 2.38 bits per heavy atom. The van der Waals surface area contributed by atoms with Gasteiger partial charge in [0.25, 0.3) is 0 Å². The number of benzene rings is 1. The van der Waals surface area contributed by atoms with Gasteiger partial charge in [-0.25, -0.2) is 4.39 Å². The second kappa shape index (κ2) is 5.15. The van der Waals surface area contributed by atoms with Crippen molar-refractivity contribution in [3.63, 3.8) is 0 Å². The lowest BCUT2D eigenvalue weighted by Gasteiger charge is -2.16. The molecule has 0 aromatic heterocycles. The van der Waals surface area contributed by atoms with Crippen LogP contribution < -0.4 is 4.74 Å². The summed E-state index contributed by atoms with van der Waals surface area (Å²) in [4.78, 5) is 0.149. The molecule has 0 amide bonds. The molecule has 1 saturated heterocycles. The fourth-order valence-corrected chi connectivity index (χ4v) is 2.61. The van der Waals surface area contributed by atoms with Crippen LogP contribution in [0, 0.1) is 11.7 Å². The number of methoxy groups -OCH3 is 1. The Bertz CT molecular complexity index is 364. The molecule has 1 aromatic carbocycles. The quantitative estimate of drug-likeness (QED) is 0.795. The molecule has 0 aliphatic carbocycles. The van der Waals surface area contributed by atoms with Gasteiger partial charge in [0.15, 0.2) is 11.6 Å². The molecular formula is C12H14BrFO2. The van der Waals surface area contributed by atoms with Crippen LogP contribution in [-0.2, 0) is 4.74 Å². The van der Waals surface area contributed by atoms with Crippen molar-refractivity contribution in [1.82, 2.24) is 0 Å². The molecule has 0 N–H and O–H groups in total. The minimum Gasteiger partial charge on any atom is -0.494 e. The summed E-state index contributed by atoms with van der Waals surface area (Å²) in [5.74, 6) is 0.391. The van der Waals surface area contributed by atoms with Gasteiger partial charge >= 0.3 is 0 Å². The van der Waals surface area contributed by atoms with E-state index in [0.29, 0.717) is 5.92 Å². The fourth-order valence-electron chi connectivity index (χ4n) is 1.91. The minimum absolute atomic E-state index is 0.149. The Hall–Kier alpha value is -0.610. The first-order valence-electron chi connectivity index (χ1n) is 5.27. The van der Waals surface area contributed by atoms with E-state index in [1.54, 1.807) is 6.07 Å². The van der Waals surface area contributed by atoms with Crippen LogP contribution in [-0.4, -0.2) is 20.3 Å². The zero-order valence-electron chi connectivity index (χ0n) is 9.08. The topological polar surface area (TPSA) is 18.5 Å². The summed E-state index contributed by atoms with van der Waals surface area (Å²) in [6, 6.07) is 5.07. The summed E-state index contributed by atoms with van der Waals surface area (Å²) in [6.45, 7) is 1.54. The Labute approximate surface area is 103 Å². The first-order valence-corrected chi connectivity index (χ1v) is 6.19. The second-order valence-corrected chi connectivity index (χ2v) is 4.91. The van der Waals surface area contributed by atoms with Gasteiger partial charge in [0.1, 0.15) is 0 Å². The molecule has 1 heterocycles.